The van der Waals surface area contributed by atoms with Crippen LogP contribution in [0.3, 0.4) is 0 Å². The van der Waals surface area contributed by atoms with Gasteiger partial charge in [0.2, 0.25) is 0 Å². The number of halogens is 3. The molecule has 178 valence electrons. The van der Waals surface area contributed by atoms with Crippen molar-refractivity contribution >= 4 is 22.5 Å². The summed E-state index contributed by atoms with van der Waals surface area (Å²) < 4.78 is 47.1. The van der Waals surface area contributed by atoms with E-state index in [-0.39, 0.29) is 40.4 Å². The summed E-state index contributed by atoms with van der Waals surface area (Å²) in [7, 11) is 0. The minimum absolute atomic E-state index is 0.00635. The Labute approximate surface area is 192 Å². The normalized spacial score (nSPS) is 20.7. The molecule has 3 fully saturated rings. The monoisotopic (exact) mass is 472 g/mol. The third-order valence-electron chi connectivity index (χ3n) is 6.33. The highest BCUT2D eigenvalue weighted by molar-refractivity contribution is 5.94. The van der Waals surface area contributed by atoms with E-state index in [0.29, 0.717) is 24.3 Å². The van der Waals surface area contributed by atoms with E-state index in [2.05, 4.69) is 15.3 Å². The van der Waals surface area contributed by atoms with Crippen molar-refractivity contribution in [1.82, 2.24) is 14.9 Å². The summed E-state index contributed by atoms with van der Waals surface area (Å²) in [6, 6.07) is 8.02. The molecule has 3 atom stereocenters. The van der Waals surface area contributed by atoms with Gasteiger partial charge in [0.1, 0.15) is 5.82 Å². The highest BCUT2D eigenvalue weighted by Gasteiger charge is 2.40. The number of benzene rings is 2. The molecule has 1 aromatic heterocycles. The van der Waals surface area contributed by atoms with Gasteiger partial charge in [0.25, 0.3) is 11.5 Å². The molecule has 2 bridgehead atoms. The van der Waals surface area contributed by atoms with E-state index in [0.717, 1.165) is 12.5 Å². The number of rotatable bonds is 4. The number of nitrogens with one attached hydrogen (secondary N) is 2. The number of alkyl halides is 3. The molecular formula is C24H23F3N4O3. The van der Waals surface area contributed by atoms with Crippen molar-refractivity contribution in [2.75, 3.05) is 18.4 Å². The number of carbonyl (C=O) groups excluding carboxylic acids is 1. The highest BCUT2D eigenvalue weighted by atomic mass is 19.4. The van der Waals surface area contributed by atoms with E-state index in [1.807, 2.05) is 0 Å². The van der Waals surface area contributed by atoms with E-state index in [9.17, 15) is 22.8 Å². The average molecular weight is 472 g/mol. The van der Waals surface area contributed by atoms with Gasteiger partial charge in [-0.15, -0.1) is 0 Å². The van der Waals surface area contributed by atoms with Gasteiger partial charge in [0, 0.05) is 36.8 Å². The molecule has 34 heavy (non-hydrogen) atoms. The number of H-pyrrole nitrogens is 1. The first-order valence-corrected chi connectivity index (χ1v) is 11.0. The fraction of sp³-hybridized carbons (Fsp3) is 0.375. The van der Waals surface area contributed by atoms with E-state index < -0.39 is 23.3 Å². The molecule has 6 rings (SSSR count). The molecule has 7 nitrogen and oxygen atoms in total. The molecule has 3 aliphatic heterocycles. The van der Waals surface area contributed by atoms with Crippen molar-refractivity contribution < 1.29 is 22.7 Å². The Morgan fingerprint density at radius 3 is 2.47 bits per heavy atom. The van der Waals surface area contributed by atoms with Gasteiger partial charge in [-0.25, -0.2) is 4.98 Å². The lowest BCUT2D eigenvalue weighted by atomic mass is 9.97. The number of amides is 1. The van der Waals surface area contributed by atoms with Crippen LogP contribution in [0.4, 0.5) is 18.9 Å². The van der Waals surface area contributed by atoms with E-state index >= 15 is 0 Å². The van der Waals surface area contributed by atoms with Gasteiger partial charge < -0.3 is 19.9 Å². The molecule has 2 aromatic carbocycles. The zero-order chi connectivity index (χ0) is 24.2. The van der Waals surface area contributed by atoms with Crippen molar-refractivity contribution in [3.8, 4) is 0 Å². The smallest absolute Gasteiger partial charge is 0.379 e. The van der Waals surface area contributed by atoms with Crippen LogP contribution in [0.2, 0.25) is 0 Å². The first-order chi connectivity index (χ1) is 16.1. The second-order valence-electron chi connectivity index (χ2n) is 8.88. The average Bonchev–Trinajstić information content (AvgIpc) is 2.77. The lowest BCUT2D eigenvalue weighted by Crippen LogP contribution is -2.58. The molecule has 0 radical (unpaired) electrons. The standard InChI is InChI=1S/C24H23F3N4O3/c1-12(18-8-19-21(9-20(18)24(25,26)27)29-13(2)30-22(19)32)28-15-5-3-14(4-6-15)23(33)31-10-16-7-17(11-31)34-16/h3-6,8-9,12,16-17,28H,7,10-11H2,1-2H3,(H,29,30,32). The Bertz CT molecular complexity index is 1300. The number of hydrogen-bond acceptors (Lipinski definition) is 5. The number of anilines is 1. The second-order valence-corrected chi connectivity index (χ2v) is 8.88. The Morgan fingerprint density at radius 1 is 1.21 bits per heavy atom. The summed E-state index contributed by atoms with van der Waals surface area (Å²) in [5, 5.41) is 3.14. The molecular weight excluding hydrogens is 449 g/mol. The van der Waals surface area contributed by atoms with Crippen LogP contribution < -0.4 is 10.9 Å². The zero-order valence-corrected chi connectivity index (χ0v) is 18.6. The molecule has 0 spiro atoms. The van der Waals surface area contributed by atoms with Crippen LogP contribution in [0.5, 0.6) is 0 Å². The number of ether oxygens (including phenoxy) is 1. The van der Waals surface area contributed by atoms with Crippen molar-refractivity contribution in [2.24, 2.45) is 0 Å². The third kappa shape index (κ3) is 4.13. The Hall–Kier alpha value is -3.40. The third-order valence-corrected chi connectivity index (χ3v) is 6.33. The van der Waals surface area contributed by atoms with Crippen molar-refractivity contribution in [3.05, 3.63) is 69.3 Å². The Balaban J connectivity index is 1.39. The lowest BCUT2D eigenvalue weighted by Gasteiger charge is -2.47. The van der Waals surface area contributed by atoms with E-state index in [4.69, 9.17) is 4.74 Å². The number of morpholine rings is 1. The molecule has 2 N–H and O–H groups in total. The van der Waals surface area contributed by atoms with E-state index in [1.54, 1.807) is 36.1 Å². The van der Waals surface area contributed by atoms with Crippen LogP contribution in [0.15, 0.2) is 41.2 Å². The summed E-state index contributed by atoms with van der Waals surface area (Å²) in [4.78, 5) is 33.4. The lowest BCUT2D eigenvalue weighted by molar-refractivity contribution is -0.171. The first-order valence-electron chi connectivity index (χ1n) is 11.0. The highest BCUT2D eigenvalue weighted by Crippen LogP contribution is 2.37. The summed E-state index contributed by atoms with van der Waals surface area (Å²) in [5.41, 5.74) is -0.354. The quantitative estimate of drug-likeness (QED) is 0.599. The number of nitrogens with zero attached hydrogens (tertiary/aromatic N) is 2. The van der Waals surface area contributed by atoms with Crippen molar-refractivity contribution in [2.45, 2.75) is 44.7 Å². The predicted molar refractivity (Wildman–Crippen MR) is 120 cm³/mol. The molecule has 1 amide bonds. The number of carbonyl (C=O) groups is 1. The van der Waals surface area contributed by atoms with Crippen molar-refractivity contribution in [3.63, 3.8) is 0 Å². The summed E-state index contributed by atoms with van der Waals surface area (Å²) in [6.07, 6.45) is -3.41. The van der Waals surface area contributed by atoms with Crippen LogP contribution in [-0.4, -0.2) is 46.1 Å². The van der Waals surface area contributed by atoms with Crippen LogP contribution in [0.25, 0.3) is 10.9 Å². The minimum Gasteiger partial charge on any atom is -0.379 e. The summed E-state index contributed by atoms with van der Waals surface area (Å²) in [6.45, 7) is 4.25. The first kappa shape index (κ1) is 22.4. The van der Waals surface area contributed by atoms with Gasteiger partial charge in [-0.05, 0) is 55.8 Å². The fourth-order valence-electron chi connectivity index (χ4n) is 4.66. The van der Waals surface area contributed by atoms with Crippen LogP contribution in [0, 0.1) is 6.92 Å². The number of hydrogen-bond donors (Lipinski definition) is 2. The van der Waals surface area contributed by atoms with Gasteiger partial charge in [-0.3, -0.25) is 9.59 Å². The van der Waals surface area contributed by atoms with Gasteiger partial charge in [0.15, 0.2) is 0 Å². The minimum atomic E-state index is -4.62. The number of piperidine rings is 1. The number of aromatic amines is 1. The number of aryl methyl sites for hydroxylation is 1. The predicted octanol–water partition coefficient (Wildman–Crippen LogP) is 4.04. The van der Waals surface area contributed by atoms with Crippen LogP contribution in [-0.2, 0) is 10.9 Å². The van der Waals surface area contributed by atoms with Crippen LogP contribution in [0.1, 0.15) is 46.7 Å². The summed E-state index contributed by atoms with van der Waals surface area (Å²) >= 11 is 0. The molecule has 0 aliphatic carbocycles. The molecule has 3 aromatic rings. The van der Waals surface area contributed by atoms with Crippen LogP contribution >= 0.6 is 0 Å². The fourth-order valence-corrected chi connectivity index (χ4v) is 4.66. The molecule has 3 saturated heterocycles. The largest absolute Gasteiger partial charge is 0.416 e. The second kappa shape index (κ2) is 8.12. The maximum Gasteiger partial charge on any atom is 0.416 e. The maximum absolute atomic E-state index is 13.8. The summed E-state index contributed by atoms with van der Waals surface area (Å²) in [5.74, 6) is 0.154. The Morgan fingerprint density at radius 2 is 1.85 bits per heavy atom. The SMILES string of the molecule is Cc1nc2cc(C(F)(F)F)c(C(C)Nc3ccc(C(=O)N4CC5CC(C4)O5)cc3)cc2c(=O)[nH]1. The Kier molecular flexibility index (Phi) is 5.35. The number of fused-ring (bicyclic) bond motifs is 3. The van der Waals surface area contributed by atoms with Gasteiger partial charge >= 0.3 is 6.18 Å². The molecule has 3 unspecified atom stereocenters. The van der Waals surface area contributed by atoms with Crippen molar-refractivity contribution in [1.29, 1.82) is 0 Å². The molecule has 3 aliphatic rings. The molecule has 0 saturated carbocycles. The van der Waals surface area contributed by atoms with Gasteiger partial charge in [-0.1, -0.05) is 0 Å². The van der Waals surface area contributed by atoms with Gasteiger partial charge in [-0.2, -0.15) is 13.2 Å². The molecule has 10 heteroatoms. The molecule has 4 heterocycles. The zero-order valence-electron chi connectivity index (χ0n) is 18.6. The van der Waals surface area contributed by atoms with Gasteiger partial charge in [0.05, 0.1) is 28.7 Å². The maximum atomic E-state index is 13.8. The number of aromatic nitrogens is 2. The topological polar surface area (TPSA) is 87.3 Å². The van der Waals surface area contributed by atoms with E-state index in [1.165, 1.54) is 13.0 Å².